The predicted molar refractivity (Wildman–Crippen MR) is 153 cm³/mol. The molecule has 1 heterocycles. The average Bonchev–Trinajstić information content (AvgIpc) is 2.86. The van der Waals surface area contributed by atoms with Crippen molar-refractivity contribution in [2.45, 2.75) is 76.7 Å². The van der Waals surface area contributed by atoms with E-state index in [2.05, 4.69) is 32.4 Å². The summed E-state index contributed by atoms with van der Waals surface area (Å²) in [5.41, 5.74) is 1.32. The van der Waals surface area contributed by atoms with Crippen LogP contribution in [0.15, 0.2) is 24.3 Å². The van der Waals surface area contributed by atoms with Gasteiger partial charge in [0.1, 0.15) is 11.5 Å². The summed E-state index contributed by atoms with van der Waals surface area (Å²) in [4.78, 5) is 25.2. The third-order valence-corrected chi connectivity index (χ3v) is 12.7. The number of halogens is 2. The van der Waals surface area contributed by atoms with Gasteiger partial charge in [-0.3, -0.25) is 9.59 Å². The first kappa shape index (κ1) is 32.4. The van der Waals surface area contributed by atoms with Crippen molar-refractivity contribution in [3.05, 3.63) is 35.4 Å². The highest BCUT2D eigenvalue weighted by Crippen LogP contribution is 2.60. The van der Waals surface area contributed by atoms with Crippen LogP contribution in [0.4, 0.5) is 8.78 Å². The number of carbonyl (C=O) groups excluding carboxylic acids is 2. The third kappa shape index (κ3) is 7.51. The van der Waals surface area contributed by atoms with Crippen LogP contribution in [-0.4, -0.2) is 66.6 Å². The number of aryl methyl sites for hydroxylation is 1. The van der Waals surface area contributed by atoms with E-state index in [1.54, 1.807) is 0 Å². The Labute approximate surface area is 245 Å². The highest BCUT2D eigenvalue weighted by atomic mass is 32.2. The van der Waals surface area contributed by atoms with E-state index in [0.717, 1.165) is 49.5 Å². The number of alkyl halides is 2. The van der Waals surface area contributed by atoms with Gasteiger partial charge < -0.3 is 14.0 Å². The van der Waals surface area contributed by atoms with E-state index in [1.807, 2.05) is 24.3 Å². The summed E-state index contributed by atoms with van der Waals surface area (Å²) in [5, 5.41) is -4.46. The molecule has 1 saturated heterocycles. The summed E-state index contributed by atoms with van der Waals surface area (Å²) < 4.78 is 67.4. The molecule has 1 aromatic rings. The lowest BCUT2D eigenvalue weighted by Gasteiger charge is -2.55. The Bertz CT molecular complexity index is 1170. The number of hydrogen-bond donors (Lipinski definition) is 0. The van der Waals surface area contributed by atoms with Crippen LogP contribution in [-0.2, 0) is 35.3 Å². The van der Waals surface area contributed by atoms with Gasteiger partial charge in [-0.15, -0.1) is 0 Å². The maximum absolute atomic E-state index is 13.1. The van der Waals surface area contributed by atoms with Gasteiger partial charge in [0, 0.05) is 21.9 Å². The van der Waals surface area contributed by atoms with Crippen LogP contribution in [0.3, 0.4) is 0 Å². The monoisotopic (exact) mass is 616 g/mol. The fourth-order valence-electron chi connectivity index (χ4n) is 7.42. The van der Waals surface area contributed by atoms with Crippen molar-refractivity contribution in [3.8, 4) is 0 Å². The van der Waals surface area contributed by atoms with Gasteiger partial charge >= 0.3 is 11.2 Å². The largest absolute Gasteiger partial charge is 0.743 e. The molecule has 1 unspecified atom stereocenters. The van der Waals surface area contributed by atoms with Gasteiger partial charge in [-0.2, -0.15) is 8.78 Å². The fourth-order valence-corrected chi connectivity index (χ4v) is 10.4. The maximum Gasteiger partial charge on any atom is 0.367 e. The lowest BCUT2D eigenvalue weighted by Crippen LogP contribution is -2.51. The van der Waals surface area contributed by atoms with Crippen LogP contribution in [0.2, 0.25) is 0 Å². The molecule has 0 radical (unpaired) electrons. The molecule has 1 aliphatic heterocycles. The van der Waals surface area contributed by atoms with Crippen molar-refractivity contribution in [2.24, 2.45) is 28.6 Å². The summed E-state index contributed by atoms with van der Waals surface area (Å²) >= 11 is 0. The molecular weight excluding hydrogens is 574 g/mol. The molecule has 1 atom stereocenters. The van der Waals surface area contributed by atoms with Gasteiger partial charge in [-0.05, 0) is 63.2 Å². The first-order chi connectivity index (χ1) is 19.0. The lowest BCUT2D eigenvalue weighted by atomic mass is 9.49. The Morgan fingerprint density at radius 1 is 1.02 bits per heavy atom. The molecule has 0 spiro atoms. The van der Waals surface area contributed by atoms with Gasteiger partial charge in [0.2, 0.25) is 5.78 Å². The second-order valence-corrected chi connectivity index (χ2v) is 17.3. The molecule has 1 aromatic carbocycles. The van der Waals surface area contributed by atoms with Gasteiger partial charge in [0.25, 0.3) is 0 Å². The van der Waals surface area contributed by atoms with Crippen LogP contribution in [0, 0.1) is 35.5 Å². The van der Waals surface area contributed by atoms with Crippen molar-refractivity contribution >= 4 is 32.8 Å². The zero-order valence-corrected chi connectivity index (χ0v) is 26.0. The van der Waals surface area contributed by atoms with Crippen LogP contribution >= 0.6 is 0 Å². The van der Waals surface area contributed by atoms with E-state index in [1.165, 1.54) is 5.56 Å². The highest BCUT2D eigenvalue weighted by molar-refractivity contribution is 7.98. The summed E-state index contributed by atoms with van der Waals surface area (Å²) in [6.07, 6.45) is 5.14. The summed E-state index contributed by atoms with van der Waals surface area (Å²) in [6, 6.07) is 8.00. The molecule has 7 nitrogen and oxygen atoms in total. The molecule has 4 saturated carbocycles. The number of Topliss-reactive ketones (excluding diaryl/α,β-unsaturated/α-hetero) is 1. The zero-order chi connectivity index (χ0) is 30.2. The minimum absolute atomic E-state index is 0.00240. The minimum atomic E-state index is -5.81. The first-order valence-corrected chi connectivity index (χ1v) is 17.4. The number of carbonyl (C=O) groups is 2. The van der Waals surface area contributed by atoms with Crippen LogP contribution in [0.1, 0.15) is 75.2 Å². The number of ether oxygens (including phenoxy) is 2. The molecule has 0 amide bonds. The summed E-state index contributed by atoms with van der Waals surface area (Å²) in [7, 11) is -5.68. The molecule has 0 aromatic heterocycles. The fraction of sp³-hybridized carbons (Fsp3) is 0.733. The Balaban J connectivity index is 0.000000189. The molecule has 11 heteroatoms. The summed E-state index contributed by atoms with van der Waals surface area (Å²) in [6.45, 7) is 8.54. The minimum Gasteiger partial charge on any atom is -0.743 e. The molecule has 41 heavy (non-hydrogen) atoms. The number of rotatable bonds is 7. The van der Waals surface area contributed by atoms with Gasteiger partial charge in [0.15, 0.2) is 22.0 Å². The van der Waals surface area contributed by atoms with E-state index in [-0.39, 0.29) is 21.6 Å². The molecular formula is C30H42F2O7S2. The number of ketones is 1. The molecule has 4 bridgehead atoms. The predicted octanol–water partition coefficient (Wildman–Crippen LogP) is 5.12. The van der Waals surface area contributed by atoms with Crippen LogP contribution in [0.5, 0.6) is 0 Å². The van der Waals surface area contributed by atoms with E-state index in [4.69, 9.17) is 4.74 Å². The molecule has 0 N–H and O–H groups in total. The van der Waals surface area contributed by atoms with Gasteiger partial charge in [-0.1, -0.05) is 50.6 Å². The topological polar surface area (TPSA) is 110 Å². The first-order valence-electron chi connectivity index (χ1n) is 14.4. The SMILES string of the molecule is Cc1ccc(C(=O)C([S+]2CCOCC2)C(C)(C)C)cc1.O=C(OCC(F)(F)S(=O)(=O)[O-])C12CC3CC(CC(C3)C1)C2. The van der Waals surface area contributed by atoms with Crippen molar-refractivity contribution in [1.82, 2.24) is 0 Å². The number of esters is 1. The zero-order valence-electron chi connectivity index (χ0n) is 24.3. The molecule has 5 aliphatic rings. The maximum atomic E-state index is 13.1. The van der Waals surface area contributed by atoms with Crippen molar-refractivity contribution in [3.63, 3.8) is 0 Å². The Morgan fingerprint density at radius 3 is 1.95 bits per heavy atom. The van der Waals surface area contributed by atoms with Gasteiger partial charge in [0.05, 0.1) is 18.6 Å². The number of benzene rings is 1. The second kappa shape index (κ2) is 12.2. The van der Waals surface area contributed by atoms with Crippen molar-refractivity contribution in [2.75, 3.05) is 31.3 Å². The molecule has 4 aliphatic carbocycles. The van der Waals surface area contributed by atoms with E-state index >= 15 is 0 Å². The Hall–Kier alpha value is -1.56. The third-order valence-electron chi connectivity index (χ3n) is 8.88. The van der Waals surface area contributed by atoms with Crippen LogP contribution in [0.25, 0.3) is 0 Å². The Morgan fingerprint density at radius 2 is 1.51 bits per heavy atom. The normalized spacial score (nSPS) is 28.9. The van der Waals surface area contributed by atoms with E-state index < -0.39 is 33.4 Å². The van der Waals surface area contributed by atoms with Gasteiger partial charge in [-0.25, -0.2) is 8.42 Å². The van der Waals surface area contributed by atoms with E-state index in [0.29, 0.717) is 42.8 Å². The summed E-state index contributed by atoms with van der Waals surface area (Å²) in [5.74, 6) is 2.92. The highest BCUT2D eigenvalue weighted by Gasteiger charge is 2.56. The second-order valence-electron chi connectivity index (χ2n) is 13.4. The van der Waals surface area contributed by atoms with Crippen molar-refractivity contribution in [1.29, 1.82) is 0 Å². The molecule has 5 fully saturated rings. The van der Waals surface area contributed by atoms with E-state index in [9.17, 15) is 31.3 Å². The van der Waals surface area contributed by atoms with Crippen LogP contribution < -0.4 is 0 Å². The standard InChI is InChI=1S/C17H25O2S.C13H18F2O5S/c1-13-5-7-14(8-6-13)15(18)16(17(2,3)4)20-11-9-19-10-12-20;14-13(15,21(17,18)19)7-20-11(16)12-4-8-1-9(5-12)3-10(2-8)6-12/h5-8,16H,9-12H2,1-4H3;8-10H,1-7H2,(H,17,18,19)/q+1;/p-1. The molecule has 230 valence electrons. The Kier molecular flexibility index (Phi) is 9.63. The smallest absolute Gasteiger partial charge is 0.367 e. The average molecular weight is 617 g/mol. The molecule has 6 rings (SSSR count). The lowest BCUT2D eigenvalue weighted by molar-refractivity contribution is -0.176. The van der Waals surface area contributed by atoms with Crippen molar-refractivity contribution < 1.29 is 40.8 Å². The number of hydrogen-bond acceptors (Lipinski definition) is 7. The quantitative estimate of drug-likeness (QED) is 0.181.